The van der Waals surface area contributed by atoms with E-state index in [-0.39, 0.29) is 51.0 Å². The second-order valence-corrected chi connectivity index (χ2v) is 11.5. The van der Waals surface area contributed by atoms with Gasteiger partial charge in [0.2, 0.25) is 21.8 Å². The van der Waals surface area contributed by atoms with Crippen LogP contribution in [0.15, 0.2) is 47.4 Å². The molecule has 3 aromatic rings. The van der Waals surface area contributed by atoms with E-state index in [4.69, 9.17) is 4.74 Å². The number of nitrogens with one attached hydrogen (secondary N) is 2. The third-order valence-corrected chi connectivity index (χ3v) is 7.31. The van der Waals surface area contributed by atoms with E-state index in [1.807, 2.05) is 6.92 Å². The molecule has 0 radical (unpaired) electrons. The minimum Gasteiger partial charge on any atom is -0.476 e. The van der Waals surface area contributed by atoms with Crippen molar-refractivity contribution in [3.63, 3.8) is 0 Å². The fraction of sp³-hybridized carbons (Fsp3) is 0.346. The minimum absolute atomic E-state index is 0.100. The molecule has 1 heterocycles. The average molecular weight is 547 g/mol. The third-order valence-electron chi connectivity index (χ3n) is 5.53. The lowest BCUT2D eigenvalue weighted by atomic mass is 10.1. The number of carbonyl (C=O) groups excluding carboxylic acids is 1. The summed E-state index contributed by atoms with van der Waals surface area (Å²) >= 11 is 0. The molecule has 1 atom stereocenters. The third kappa shape index (κ3) is 6.56. The molecule has 0 aliphatic carbocycles. The van der Waals surface area contributed by atoms with Gasteiger partial charge in [-0.05, 0) is 70.5 Å². The molecule has 0 unspecified atom stereocenters. The number of carboxylic acids is 1. The van der Waals surface area contributed by atoms with Crippen LogP contribution < -0.4 is 14.8 Å². The summed E-state index contributed by atoms with van der Waals surface area (Å²) in [6.07, 6.45) is 0.596. The molecule has 0 fully saturated rings. The zero-order chi connectivity index (χ0) is 28.4. The number of carbonyl (C=O) groups is 2. The van der Waals surface area contributed by atoms with E-state index < -0.39 is 27.3 Å². The van der Waals surface area contributed by atoms with Crippen molar-refractivity contribution in [2.75, 3.05) is 5.32 Å². The summed E-state index contributed by atoms with van der Waals surface area (Å²) in [6, 6.07) is 9.36. The number of aromatic nitrogens is 2. The summed E-state index contributed by atoms with van der Waals surface area (Å²) in [7, 11) is -4.19. The van der Waals surface area contributed by atoms with Gasteiger partial charge in [0, 0.05) is 22.7 Å². The van der Waals surface area contributed by atoms with Crippen molar-refractivity contribution in [2.24, 2.45) is 5.92 Å². The molecule has 204 valence electrons. The van der Waals surface area contributed by atoms with Crippen LogP contribution in [0.2, 0.25) is 0 Å². The van der Waals surface area contributed by atoms with Gasteiger partial charge in [-0.3, -0.25) is 4.79 Å². The maximum atomic E-state index is 14.0. The number of sulfonamides is 1. The molecule has 0 aliphatic heterocycles. The standard InChI is InChI=1S/C26H31FN4O6S/c1-7-15(2)23(32)28-18-11-12-20(21(14-18)38(35,36)30-26(4,5)6)37-24-16(3)22(25(33)34)29-31(24)19-10-8-9-17(27)13-19/h8-15,30H,7H2,1-6H3,(H,28,32)(H,33,34)/t15-/m0/s1. The maximum absolute atomic E-state index is 14.0. The van der Waals surface area contributed by atoms with E-state index in [0.29, 0.717) is 6.42 Å². The van der Waals surface area contributed by atoms with E-state index in [9.17, 15) is 27.5 Å². The first-order chi connectivity index (χ1) is 17.6. The highest BCUT2D eigenvalue weighted by molar-refractivity contribution is 7.89. The van der Waals surface area contributed by atoms with Crippen molar-refractivity contribution in [2.45, 2.75) is 58.4 Å². The number of benzene rings is 2. The zero-order valence-electron chi connectivity index (χ0n) is 22.0. The smallest absolute Gasteiger partial charge is 0.356 e. The Kier molecular flexibility index (Phi) is 8.27. The monoisotopic (exact) mass is 546 g/mol. The van der Waals surface area contributed by atoms with Crippen LogP contribution in [-0.4, -0.2) is 40.7 Å². The lowest BCUT2D eigenvalue weighted by molar-refractivity contribution is -0.119. The Hall–Kier alpha value is -3.77. The molecule has 1 aromatic heterocycles. The maximum Gasteiger partial charge on any atom is 0.356 e. The number of anilines is 1. The molecule has 3 rings (SSSR count). The van der Waals surface area contributed by atoms with Crippen LogP contribution in [0.25, 0.3) is 5.69 Å². The zero-order valence-corrected chi connectivity index (χ0v) is 22.8. The summed E-state index contributed by atoms with van der Waals surface area (Å²) in [5.74, 6) is -2.77. The summed E-state index contributed by atoms with van der Waals surface area (Å²) in [4.78, 5) is 23.9. The fourth-order valence-electron chi connectivity index (χ4n) is 3.48. The van der Waals surface area contributed by atoms with Crippen molar-refractivity contribution in [1.82, 2.24) is 14.5 Å². The molecule has 3 N–H and O–H groups in total. The Bertz CT molecular complexity index is 1480. The van der Waals surface area contributed by atoms with Crippen LogP contribution in [-0.2, 0) is 14.8 Å². The number of ether oxygens (including phenoxy) is 1. The van der Waals surface area contributed by atoms with Crippen LogP contribution in [0.4, 0.5) is 10.1 Å². The van der Waals surface area contributed by atoms with Gasteiger partial charge in [0.1, 0.15) is 16.5 Å². The van der Waals surface area contributed by atoms with Crippen LogP contribution in [0.1, 0.15) is 57.1 Å². The molecule has 10 nitrogen and oxygen atoms in total. The van der Waals surface area contributed by atoms with Crippen molar-refractivity contribution in [3.8, 4) is 17.3 Å². The summed E-state index contributed by atoms with van der Waals surface area (Å²) in [5, 5.41) is 16.4. The van der Waals surface area contributed by atoms with Crippen molar-refractivity contribution in [1.29, 1.82) is 0 Å². The molecule has 0 saturated heterocycles. The molecule has 38 heavy (non-hydrogen) atoms. The van der Waals surface area contributed by atoms with Gasteiger partial charge >= 0.3 is 5.97 Å². The molecular weight excluding hydrogens is 515 g/mol. The molecule has 2 aromatic carbocycles. The number of halogens is 1. The first-order valence-electron chi connectivity index (χ1n) is 11.9. The van der Waals surface area contributed by atoms with E-state index in [1.54, 1.807) is 27.7 Å². The van der Waals surface area contributed by atoms with Crippen LogP contribution in [0.3, 0.4) is 0 Å². The quantitative estimate of drug-likeness (QED) is 0.348. The van der Waals surface area contributed by atoms with Crippen LogP contribution >= 0.6 is 0 Å². The van der Waals surface area contributed by atoms with E-state index in [0.717, 1.165) is 10.7 Å². The highest BCUT2D eigenvalue weighted by Crippen LogP contribution is 2.36. The summed E-state index contributed by atoms with van der Waals surface area (Å²) < 4.78 is 50.5. The topological polar surface area (TPSA) is 140 Å². The molecule has 0 saturated carbocycles. The Labute approximate surface area is 220 Å². The number of aromatic carboxylic acids is 1. The van der Waals surface area contributed by atoms with Gasteiger partial charge in [0.05, 0.1) is 5.69 Å². The second-order valence-electron chi connectivity index (χ2n) is 9.89. The highest BCUT2D eigenvalue weighted by Gasteiger charge is 2.29. The molecule has 0 aliphatic rings. The highest BCUT2D eigenvalue weighted by atomic mass is 32.2. The molecule has 1 amide bonds. The Morgan fingerprint density at radius 3 is 2.45 bits per heavy atom. The van der Waals surface area contributed by atoms with E-state index in [1.165, 1.54) is 43.3 Å². The average Bonchev–Trinajstić information content (AvgIpc) is 3.14. The summed E-state index contributed by atoms with van der Waals surface area (Å²) in [6.45, 7) is 10.1. The first kappa shape index (κ1) is 28.8. The number of nitrogens with zero attached hydrogens (tertiary/aromatic N) is 2. The van der Waals surface area contributed by atoms with Gasteiger partial charge < -0.3 is 15.2 Å². The largest absolute Gasteiger partial charge is 0.476 e. The van der Waals surface area contributed by atoms with Gasteiger partial charge in [0.25, 0.3) is 0 Å². The molecule has 12 heteroatoms. The fourth-order valence-corrected chi connectivity index (χ4v) is 5.05. The van der Waals surface area contributed by atoms with Crippen molar-refractivity contribution in [3.05, 3.63) is 59.5 Å². The Morgan fingerprint density at radius 1 is 1.18 bits per heavy atom. The first-order valence-corrected chi connectivity index (χ1v) is 13.4. The lowest BCUT2D eigenvalue weighted by Gasteiger charge is -2.22. The van der Waals surface area contributed by atoms with Gasteiger partial charge in [-0.2, -0.15) is 9.78 Å². The predicted molar refractivity (Wildman–Crippen MR) is 140 cm³/mol. The van der Waals surface area contributed by atoms with Crippen molar-refractivity contribution < 1.29 is 32.2 Å². The van der Waals surface area contributed by atoms with E-state index >= 15 is 0 Å². The predicted octanol–water partition coefficient (Wildman–Crippen LogP) is 4.87. The Balaban J connectivity index is 2.19. The SMILES string of the molecule is CC[C@H](C)C(=O)Nc1ccc(Oc2c(C)c(C(=O)O)nn2-c2cccc(F)c2)c(S(=O)(=O)NC(C)(C)C)c1. The van der Waals surface area contributed by atoms with E-state index in [2.05, 4.69) is 15.1 Å². The number of carboxylic acid groups (broad SMARTS) is 1. The number of rotatable bonds is 9. The molecule has 0 spiro atoms. The van der Waals surface area contributed by atoms with Gasteiger partial charge in [-0.25, -0.2) is 22.3 Å². The van der Waals surface area contributed by atoms with Gasteiger partial charge in [-0.1, -0.05) is 19.9 Å². The number of hydrogen-bond donors (Lipinski definition) is 3. The van der Waals surface area contributed by atoms with Gasteiger partial charge in [0.15, 0.2) is 5.69 Å². The second kappa shape index (κ2) is 10.9. The van der Waals surface area contributed by atoms with Crippen molar-refractivity contribution >= 4 is 27.6 Å². The van der Waals surface area contributed by atoms with Crippen LogP contribution in [0, 0.1) is 18.7 Å². The molecule has 0 bridgehead atoms. The minimum atomic E-state index is -4.19. The lowest BCUT2D eigenvalue weighted by Crippen LogP contribution is -2.40. The van der Waals surface area contributed by atoms with Gasteiger partial charge in [-0.15, -0.1) is 0 Å². The summed E-state index contributed by atoms with van der Waals surface area (Å²) in [5.41, 5.74) is -0.687. The molecular formula is C26H31FN4O6S. The Morgan fingerprint density at radius 2 is 1.87 bits per heavy atom. The normalized spacial score (nSPS) is 12.7. The number of hydrogen-bond acceptors (Lipinski definition) is 6. The number of amides is 1. The van der Waals surface area contributed by atoms with Crippen LogP contribution in [0.5, 0.6) is 11.6 Å².